The first-order chi connectivity index (χ1) is 14.8. The number of nitrogen functional groups attached to an aromatic ring is 1. The van der Waals surface area contributed by atoms with Gasteiger partial charge in [0.15, 0.2) is 5.69 Å². The summed E-state index contributed by atoms with van der Waals surface area (Å²) < 4.78 is 1.20. The predicted molar refractivity (Wildman–Crippen MR) is 116 cm³/mol. The third kappa shape index (κ3) is 4.69. The van der Waals surface area contributed by atoms with Crippen LogP contribution in [0.25, 0.3) is 0 Å². The number of H-pyrrole nitrogens is 1. The molecule has 3 aromatic rings. The third-order valence-corrected chi connectivity index (χ3v) is 4.79. The molecule has 3 rings (SSSR count). The maximum absolute atomic E-state index is 12.9. The van der Waals surface area contributed by atoms with E-state index in [0.29, 0.717) is 5.56 Å². The number of rotatable bonds is 7. The Balaban J connectivity index is 1.94. The number of aromatic amines is 1. The monoisotopic (exact) mass is 423 g/mol. The lowest BCUT2D eigenvalue weighted by Gasteiger charge is -2.23. The van der Waals surface area contributed by atoms with Gasteiger partial charge in [-0.15, -0.1) is 0 Å². The number of nitro benzene ring substituents is 1. The van der Waals surface area contributed by atoms with Crippen LogP contribution in [0.3, 0.4) is 0 Å². The highest BCUT2D eigenvalue weighted by atomic mass is 16.6. The van der Waals surface area contributed by atoms with Gasteiger partial charge in [-0.05, 0) is 18.1 Å². The van der Waals surface area contributed by atoms with Crippen LogP contribution in [0.2, 0.25) is 0 Å². The van der Waals surface area contributed by atoms with Crippen molar-refractivity contribution < 1.29 is 9.72 Å². The van der Waals surface area contributed by atoms with E-state index in [1.165, 1.54) is 33.7 Å². The van der Waals surface area contributed by atoms with E-state index in [-0.39, 0.29) is 36.7 Å². The number of nitrogens with zero attached hydrogens (tertiary/aromatic N) is 3. The van der Waals surface area contributed by atoms with Gasteiger partial charge in [0, 0.05) is 18.7 Å². The van der Waals surface area contributed by atoms with Crippen molar-refractivity contribution in [3.8, 4) is 0 Å². The van der Waals surface area contributed by atoms with Crippen LogP contribution in [0.1, 0.15) is 18.1 Å². The Labute approximate surface area is 176 Å². The van der Waals surface area contributed by atoms with Crippen molar-refractivity contribution in [3.05, 3.63) is 96.7 Å². The third-order valence-electron chi connectivity index (χ3n) is 4.79. The second kappa shape index (κ2) is 9.08. The second-order valence-corrected chi connectivity index (χ2v) is 6.80. The summed E-state index contributed by atoms with van der Waals surface area (Å²) in [5.41, 5.74) is 5.89. The quantitative estimate of drug-likeness (QED) is 0.437. The zero-order valence-corrected chi connectivity index (χ0v) is 16.8. The van der Waals surface area contributed by atoms with Gasteiger partial charge in [0.25, 0.3) is 11.2 Å². The molecule has 0 bridgehead atoms. The van der Waals surface area contributed by atoms with Crippen LogP contribution in [0.5, 0.6) is 0 Å². The van der Waals surface area contributed by atoms with E-state index in [0.717, 1.165) is 5.56 Å². The molecule has 0 atom stereocenters. The van der Waals surface area contributed by atoms with Crippen molar-refractivity contribution in [2.45, 2.75) is 19.9 Å². The maximum Gasteiger partial charge on any atom is 0.330 e. The van der Waals surface area contributed by atoms with Gasteiger partial charge in [0.1, 0.15) is 5.82 Å². The van der Waals surface area contributed by atoms with Crippen LogP contribution >= 0.6 is 0 Å². The molecule has 0 unspecified atom stereocenters. The van der Waals surface area contributed by atoms with Gasteiger partial charge in [0.05, 0.1) is 17.9 Å². The molecule has 0 saturated heterocycles. The zero-order chi connectivity index (χ0) is 22.5. The summed E-state index contributed by atoms with van der Waals surface area (Å²) in [5.74, 6) is -0.546. The molecule has 0 radical (unpaired) electrons. The fourth-order valence-electron chi connectivity index (χ4n) is 3.23. The van der Waals surface area contributed by atoms with E-state index >= 15 is 0 Å². The highest BCUT2D eigenvalue weighted by Gasteiger charge is 2.23. The number of carbonyl (C=O) groups is 1. The first kappa shape index (κ1) is 21.5. The molecular weight excluding hydrogens is 402 g/mol. The standard InChI is InChI=1S/C21H21N5O5/c1-2-24(17(27)12-14-8-10-16(11-9-14)26(30)31)18-19(22)25(21(29)23-20(18)28)13-15-6-4-3-5-7-15/h3-11H,2,12-13,22H2,1H3,(H,23,28,29). The van der Waals surface area contributed by atoms with E-state index in [1.54, 1.807) is 6.92 Å². The van der Waals surface area contributed by atoms with Gasteiger partial charge in [-0.2, -0.15) is 0 Å². The van der Waals surface area contributed by atoms with Crippen LogP contribution in [0.4, 0.5) is 17.2 Å². The molecule has 0 spiro atoms. The Kier molecular flexibility index (Phi) is 6.29. The molecule has 0 fully saturated rings. The van der Waals surface area contributed by atoms with Crippen molar-refractivity contribution >= 4 is 23.1 Å². The number of anilines is 2. The SMILES string of the molecule is CCN(C(=O)Cc1ccc([N+](=O)[O-])cc1)c1c(N)n(Cc2ccccc2)c(=O)[nH]c1=O. The molecule has 0 aliphatic carbocycles. The van der Waals surface area contributed by atoms with Gasteiger partial charge >= 0.3 is 5.69 Å². The number of nitrogens with two attached hydrogens (primary N) is 1. The number of benzene rings is 2. The first-order valence-corrected chi connectivity index (χ1v) is 9.52. The van der Waals surface area contributed by atoms with Gasteiger partial charge in [-0.25, -0.2) is 4.79 Å². The lowest BCUT2D eigenvalue weighted by atomic mass is 10.1. The van der Waals surface area contributed by atoms with Crippen molar-refractivity contribution in [2.24, 2.45) is 0 Å². The molecule has 2 aromatic carbocycles. The molecule has 160 valence electrons. The van der Waals surface area contributed by atoms with Gasteiger partial charge < -0.3 is 10.6 Å². The Morgan fingerprint density at radius 3 is 2.32 bits per heavy atom. The van der Waals surface area contributed by atoms with E-state index in [2.05, 4.69) is 4.98 Å². The molecule has 31 heavy (non-hydrogen) atoms. The number of carbonyl (C=O) groups excluding carboxylic acids is 1. The molecule has 10 nitrogen and oxygen atoms in total. The van der Waals surface area contributed by atoms with E-state index in [9.17, 15) is 24.5 Å². The smallest absolute Gasteiger partial charge is 0.330 e. The molecule has 1 heterocycles. The number of nitro groups is 1. The van der Waals surface area contributed by atoms with Gasteiger partial charge in [-0.1, -0.05) is 42.5 Å². The maximum atomic E-state index is 12.9. The van der Waals surface area contributed by atoms with E-state index in [4.69, 9.17) is 5.73 Å². The van der Waals surface area contributed by atoms with Crippen LogP contribution in [-0.2, 0) is 17.8 Å². The van der Waals surface area contributed by atoms with Crippen molar-refractivity contribution in [1.29, 1.82) is 0 Å². The predicted octanol–water partition coefficient (Wildman–Crippen LogP) is 1.67. The molecular formula is C21H21N5O5. The molecule has 0 aliphatic heterocycles. The van der Waals surface area contributed by atoms with E-state index < -0.39 is 22.1 Å². The fraction of sp³-hybridized carbons (Fsp3) is 0.190. The zero-order valence-electron chi connectivity index (χ0n) is 16.8. The average molecular weight is 423 g/mol. The lowest BCUT2D eigenvalue weighted by molar-refractivity contribution is -0.384. The summed E-state index contributed by atoms with van der Waals surface area (Å²) in [6.45, 7) is 1.95. The van der Waals surface area contributed by atoms with Crippen LogP contribution in [0, 0.1) is 10.1 Å². The summed E-state index contributed by atoms with van der Waals surface area (Å²) in [6.07, 6.45) is -0.0947. The van der Waals surface area contributed by atoms with Gasteiger partial charge in [0.2, 0.25) is 5.91 Å². The number of amides is 1. The Bertz CT molecular complexity index is 1220. The fourth-order valence-corrected chi connectivity index (χ4v) is 3.23. The van der Waals surface area contributed by atoms with Crippen LogP contribution in [0.15, 0.2) is 64.2 Å². The van der Waals surface area contributed by atoms with E-state index in [1.807, 2.05) is 30.3 Å². The number of hydrogen-bond acceptors (Lipinski definition) is 6. The molecule has 1 amide bonds. The van der Waals surface area contributed by atoms with Crippen LogP contribution in [-0.4, -0.2) is 26.9 Å². The molecule has 1 aromatic heterocycles. The van der Waals surface area contributed by atoms with Crippen molar-refractivity contribution in [2.75, 3.05) is 17.2 Å². The number of nitrogens with one attached hydrogen (secondary N) is 1. The molecule has 0 saturated carbocycles. The summed E-state index contributed by atoms with van der Waals surface area (Å²) in [4.78, 5) is 51.5. The lowest BCUT2D eigenvalue weighted by Crippen LogP contribution is -2.41. The van der Waals surface area contributed by atoms with Crippen molar-refractivity contribution in [3.63, 3.8) is 0 Å². The highest BCUT2D eigenvalue weighted by molar-refractivity contribution is 5.96. The number of aromatic nitrogens is 2. The largest absolute Gasteiger partial charge is 0.383 e. The normalized spacial score (nSPS) is 10.6. The molecule has 3 N–H and O–H groups in total. The minimum atomic E-state index is -0.759. The topological polar surface area (TPSA) is 144 Å². The first-order valence-electron chi connectivity index (χ1n) is 9.52. The molecule has 10 heteroatoms. The summed E-state index contributed by atoms with van der Waals surface area (Å²) in [6, 6.07) is 14.7. The van der Waals surface area contributed by atoms with Crippen molar-refractivity contribution in [1.82, 2.24) is 9.55 Å². The number of likely N-dealkylation sites (N-methyl/N-ethyl adjacent to an activating group) is 1. The number of non-ortho nitro benzene ring substituents is 1. The Morgan fingerprint density at radius 1 is 1.10 bits per heavy atom. The summed E-state index contributed by atoms with van der Waals surface area (Å²) in [7, 11) is 0. The molecule has 0 aliphatic rings. The summed E-state index contributed by atoms with van der Waals surface area (Å²) >= 11 is 0. The van der Waals surface area contributed by atoms with Gasteiger partial charge in [-0.3, -0.25) is 29.3 Å². The second-order valence-electron chi connectivity index (χ2n) is 6.80. The number of hydrogen-bond donors (Lipinski definition) is 2. The summed E-state index contributed by atoms with van der Waals surface area (Å²) in [5, 5.41) is 10.8. The average Bonchev–Trinajstić information content (AvgIpc) is 2.75. The Morgan fingerprint density at radius 2 is 1.74 bits per heavy atom. The minimum Gasteiger partial charge on any atom is -0.383 e. The van der Waals surface area contributed by atoms with Crippen LogP contribution < -0.4 is 21.9 Å². The minimum absolute atomic E-state index is 0.0859. The Hall–Kier alpha value is -4.21. The highest BCUT2D eigenvalue weighted by Crippen LogP contribution is 2.19.